The van der Waals surface area contributed by atoms with E-state index in [-0.39, 0.29) is 5.91 Å². The topological polar surface area (TPSA) is 81.1 Å². The van der Waals surface area contributed by atoms with Crippen molar-refractivity contribution in [2.75, 3.05) is 10.6 Å². The van der Waals surface area contributed by atoms with Crippen molar-refractivity contribution in [3.8, 4) is 5.75 Å². The molecule has 0 radical (unpaired) electrons. The molecule has 182 valence electrons. The van der Waals surface area contributed by atoms with Crippen LogP contribution in [0.4, 0.5) is 11.6 Å². The zero-order valence-corrected chi connectivity index (χ0v) is 20.9. The Morgan fingerprint density at radius 2 is 1.69 bits per heavy atom. The average Bonchev–Trinajstić information content (AvgIpc) is 3.33. The van der Waals surface area contributed by atoms with Gasteiger partial charge in [0.15, 0.2) is 0 Å². The molecule has 0 spiro atoms. The number of aromatic nitrogens is 3. The summed E-state index contributed by atoms with van der Waals surface area (Å²) in [5.74, 6) is 1.17. The fraction of sp³-hybridized carbons (Fsp3) is 0.207. The lowest BCUT2D eigenvalue weighted by atomic mass is 9.95. The Hall–Kier alpha value is -4.39. The first-order chi connectivity index (χ1) is 17.4. The number of para-hydroxylation sites is 1. The highest BCUT2D eigenvalue weighted by molar-refractivity contribution is 6.06. The van der Waals surface area contributed by atoms with Crippen molar-refractivity contribution in [1.82, 2.24) is 14.8 Å². The van der Waals surface area contributed by atoms with Crippen LogP contribution < -0.4 is 15.4 Å². The van der Waals surface area contributed by atoms with Gasteiger partial charge in [-0.15, -0.1) is 0 Å². The maximum Gasteiger partial charge on any atom is 0.255 e. The van der Waals surface area contributed by atoms with Crippen molar-refractivity contribution < 1.29 is 9.53 Å². The maximum absolute atomic E-state index is 13.4. The van der Waals surface area contributed by atoms with E-state index < -0.39 is 6.04 Å². The Morgan fingerprint density at radius 3 is 2.44 bits per heavy atom. The fourth-order valence-corrected chi connectivity index (χ4v) is 4.50. The first kappa shape index (κ1) is 23.4. The summed E-state index contributed by atoms with van der Waals surface area (Å²) in [6.45, 7) is 8.73. The molecule has 1 aliphatic heterocycles. The molecule has 1 aromatic heterocycles. The molecule has 7 nitrogen and oxygen atoms in total. The predicted molar refractivity (Wildman–Crippen MR) is 141 cm³/mol. The number of aryl methyl sites for hydroxylation is 3. The number of benzene rings is 3. The number of carbonyl (C=O) groups is 1. The van der Waals surface area contributed by atoms with Crippen molar-refractivity contribution >= 4 is 17.5 Å². The Kier molecular flexibility index (Phi) is 6.29. The van der Waals surface area contributed by atoms with E-state index in [1.54, 1.807) is 4.68 Å². The first-order valence-electron chi connectivity index (χ1n) is 11.9. The van der Waals surface area contributed by atoms with Crippen LogP contribution in [0.2, 0.25) is 0 Å². The van der Waals surface area contributed by atoms with Crippen LogP contribution in [0.15, 0.2) is 84.3 Å². The summed E-state index contributed by atoms with van der Waals surface area (Å²) in [5.41, 5.74) is 7.89. The largest absolute Gasteiger partial charge is 0.489 e. The van der Waals surface area contributed by atoms with Gasteiger partial charge < -0.3 is 15.4 Å². The number of hydrogen-bond acceptors (Lipinski definition) is 5. The third kappa shape index (κ3) is 4.60. The van der Waals surface area contributed by atoms with Crippen molar-refractivity contribution in [3.05, 3.63) is 112 Å². The van der Waals surface area contributed by atoms with E-state index in [9.17, 15) is 4.79 Å². The second-order valence-electron chi connectivity index (χ2n) is 9.14. The van der Waals surface area contributed by atoms with Crippen LogP contribution in [0.3, 0.4) is 0 Å². The summed E-state index contributed by atoms with van der Waals surface area (Å²) < 4.78 is 7.84. The van der Waals surface area contributed by atoms with Crippen LogP contribution in [0, 0.1) is 20.8 Å². The van der Waals surface area contributed by atoms with Crippen LogP contribution >= 0.6 is 0 Å². The van der Waals surface area contributed by atoms with Gasteiger partial charge in [0.25, 0.3) is 5.91 Å². The molecule has 0 aliphatic carbocycles. The van der Waals surface area contributed by atoms with Crippen molar-refractivity contribution in [1.29, 1.82) is 0 Å². The molecule has 36 heavy (non-hydrogen) atoms. The molecular weight excluding hydrogens is 450 g/mol. The molecule has 3 aromatic carbocycles. The normalized spacial score (nSPS) is 14.7. The van der Waals surface area contributed by atoms with E-state index in [4.69, 9.17) is 4.74 Å². The Morgan fingerprint density at radius 1 is 0.972 bits per heavy atom. The minimum Gasteiger partial charge on any atom is -0.489 e. The molecule has 4 aromatic rings. The van der Waals surface area contributed by atoms with Crippen molar-refractivity contribution in [2.45, 2.75) is 40.3 Å². The van der Waals surface area contributed by atoms with Gasteiger partial charge in [0.2, 0.25) is 5.95 Å². The number of fused-ring (bicyclic) bond motifs is 1. The Labute approximate surface area is 210 Å². The number of ether oxygens (including phenoxy) is 1. The zero-order valence-electron chi connectivity index (χ0n) is 20.9. The minimum atomic E-state index is -0.427. The average molecular weight is 480 g/mol. The van der Waals surface area contributed by atoms with Gasteiger partial charge in [-0.1, -0.05) is 42.5 Å². The molecular formula is C29H29N5O2. The lowest BCUT2D eigenvalue weighted by molar-refractivity contribution is -0.113. The minimum absolute atomic E-state index is 0.192. The number of rotatable bonds is 6. The highest BCUT2D eigenvalue weighted by Crippen LogP contribution is 2.36. The number of nitrogens with zero attached hydrogens (tertiary/aromatic N) is 3. The molecule has 5 rings (SSSR count). The van der Waals surface area contributed by atoms with E-state index in [2.05, 4.69) is 53.6 Å². The highest BCUT2D eigenvalue weighted by Gasteiger charge is 2.33. The number of anilines is 2. The molecule has 1 atom stereocenters. The molecule has 2 heterocycles. The van der Waals surface area contributed by atoms with Crippen LogP contribution in [-0.4, -0.2) is 20.7 Å². The van der Waals surface area contributed by atoms with Crippen LogP contribution in [0.25, 0.3) is 0 Å². The van der Waals surface area contributed by atoms with E-state index in [1.807, 2.05) is 61.5 Å². The number of allylic oxidation sites excluding steroid dienone is 1. The van der Waals surface area contributed by atoms with E-state index >= 15 is 0 Å². The summed E-state index contributed by atoms with van der Waals surface area (Å²) in [7, 11) is 0. The Bertz CT molecular complexity index is 1440. The smallest absolute Gasteiger partial charge is 0.255 e. The Balaban J connectivity index is 1.40. The molecule has 0 saturated heterocycles. The lowest BCUT2D eigenvalue weighted by Gasteiger charge is -2.28. The van der Waals surface area contributed by atoms with Gasteiger partial charge in [0.05, 0.1) is 5.57 Å². The number of amides is 1. The first-order valence-corrected chi connectivity index (χ1v) is 11.9. The third-order valence-electron chi connectivity index (χ3n) is 6.61. The van der Waals surface area contributed by atoms with Crippen LogP contribution in [0.5, 0.6) is 5.75 Å². The summed E-state index contributed by atoms with van der Waals surface area (Å²) in [5, 5.41) is 10.6. The van der Waals surface area contributed by atoms with Gasteiger partial charge in [-0.2, -0.15) is 10.1 Å². The monoisotopic (exact) mass is 479 g/mol. The molecule has 0 fully saturated rings. The predicted octanol–water partition coefficient (Wildman–Crippen LogP) is 5.71. The van der Waals surface area contributed by atoms with Gasteiger partial charge in [-0.05, 0) is 79.8 Å². The van der Waals surface area contributed by atoms with Crippen molar-refractivity contribution in [3.63, 3.8) is 0 Å². The fourth-order valence-electron chi connectivity index (χ4n) is 4.50. The van der Waals surface area contributed by atoms with Crippen molar-refractivity contribution in [2.24, 2.45) is 0 Å². The van der Waals surface area contributed by atoms with Crippen LogP contribution in [0.1, 0.15) is 40.8 Å². The number of hydrogen-bond donors (Lipinski definition) is 2. The van der Waals surface area contributed by atoms with Gasteiger partial charge >= 0.3 is 0 Å². The second kappa shape index (κ2) is 9.70. The standard InChI is InChI=1S/C29H29N5O2/c1-18-14-20(3)23(15-19(18)2)16-36-25-12-10-22(11-13-25)27-26(21(4)32-29-30-17-31-34(27)29)28(35)33-24-8-6-5-7-9-24/h5-15,17,27H,16H2,1-4H3,(H,33,35)(H,30,31,32). The zero-order chi connectivity index (χ0) is 25.2. The van der Waals surface area contributed by atoms with Gasteiger partial charge in [-0.3, -0.25) is 4.79 Å². The summed E-state index contributed by atoms with van der Waals surface area (Å²) >= 11 is 0. The van der Waals surface area contributed by atoms with Gasteiger partial charge in [0, 0.05) is 11.4 Å². The quantitative estimate of drug-likeness (QED) is 0.370. The molecule has 7 heteroatoms. The van der Waals surface area contributed by atoms with E-state index in [1.165, 1.54) is 28.6 Å². The molecule has 0 saturated carbocycles. The summed E-state index contributed by atoms with van der Waals surface area (Å²) in [6.07, 6.45) is 1.49. The third-order valence-corrected chi connectivity index (χ3v) is 6.61. The number of carbonyl (C=O) groups excluding carboxylic acids is 1. The van der Waals surface area contributed by atoms with Gasteiger partial charge in [-0.25, -0.2) is 4.68 Å². The molecule has 1 amide bonds. The summed E-state index contributed by atoms with van der Waals surface area (Å²) in [4.78, 5) is 17.7. The summed E-state index contributed by atoms with van der Waals surface area (Å²) in [6, 6.07) is 21.2. The molecule has 1 unspecified atom stereocenters. The second-order valence-corrected chi connectivity index (χ2v) is 9.14. The lowest BCUT2D eigenvalue weighted by Crippen LogP contribution is -2.31. The number of nitrogens with one attached hydrogen (secondary N) is 2. The maximum atomic E-state index is 13.4. The SMILES string of the molecule is CC1=C(C(=O)Nc2ccccc2)C(c2ccc(OCc3cc(C)c(C)cc3C)cc2)n2ncnc2N1. The molecule has 1 aliphatic rings. The van der Waals surface area contributed by atoms with Gasteiger partial charge in [0.1, 0.15) is 24.7 Å². The molecule has 0 bridgehead atoms. The molecule has 2 N–H and O–H groups in total. The van der Waals surface area contributed by atoms with E-state index in [0.29, 0.717) is 18.1 Å². The van der Waals surface area contributed by atoms with E-state index in [0.717, 1.165) is 22.7 Å². The van der Waals surface area contributed by atoms with Crippen LogP contribution in [-0.2, 0) is 11.4 Å². The highest BCUT2D eigenvalue weighted by atomic mass is 16.5.